The van der Waals surface area contributed by atoms with Crippen LogP contribution in [-0.2, 0) is 0 Å². The second-order valence-electron chi connectivity index (χ2n) is 4.88. The Kier molecular flexibility index (Phi) is 5.09. The van der Waals surface area contributed by atoms with Crippen LogP contribution in [0.3, 0.4) is 0 Å². The molecule has 1 fully saturated rings. The zero-order valence-corrected chi connectivity index (χ0v) is 12.1. The number of urea groups is 1. The zero-order valence-electron chi connectivity index (χ0n) is 11.4. The third-order valence-electron chi connectivity index (χ3n) is 3.37. The van der Waals surface area contributed by atoms with Crippen molar-refractivity contribution in [3.05, 3.63) is 23.2 Å². The van der Waals surface area contributed by atoms with Gasteiger partial charge in [-0.1, -0.05) is 17.7 Å². The van der Waals surface area contributed by atoms with E-state index in [1.807, 2.05) is 0 Å². The number of carbonyl (C=O) groups is 1. The van der Waals surface area contributed by atoms with E-state index in [1.54, 1.807) is 18.2 Å². The molecule has 1 saturated carbocycles. The molecule has 0 saturated heterocycles. The first kappa shape index (κ1) is 14.9. The van der Waals surface area contributed by atoms with Crippen LogP contribution in [0.2, 0.25) is 5.02 Å². The molecule has 3 N–H and O–H groups in total. The molecule has 0 aromatic heterocycles. The average Bonchev–Trinajstić information content (AvgIpc) is 3.23. The molecule has 2 amide bonds. The van der Waals surface area contributed by atoms with Gasteiger partial charge in [0.1, 0.15) is 0 Å². The predicted octanol–water partition coefficient (Wildman–Crippen LogP) is 2.63. The first-order valence-electron chi connectivity index (χ1n) is 6.66. The molecule has 0 aliphatic heterocycles. The van der Waals surface area contributed by atoms with E-state index >= 15 is 0 Å². The molecule has 1 aliphatic rings. The van der Waals surface area contributed by atoms with Crippen LogP contribution < -0.4 is 15.4 Å². The first-order chi connectivity index (χ1) is 9.65. The number of carbonyl (C=O) groups excluding carboxylic acids is 1. The van der Waals surface area contributed by atoms with Gasteiger partial charge in [0.2, 0.25) is 0 Å². The molecule has 6 heteroatoms. The van der Waals surface area contributed by atoms with Crippen molar-refractivity contribution in [3.8, 4) is 5.75 Å². The summed E-state index contributed by atoms with van der Waals surface area (Å²) in [4.78, 5) is 12.0. The molecule has 20 heavy (non-hydrogen) atoms. The lowest BCUT2D eigenvalue weighted by molar-refractivity contribution is 0.234. The molecule has 1 atom stereocenters. The molecule has 0 spiro atoms. The Morgan fingerprint density at radius 1 is 1.55 bits per heavy atom. The number of hydrogen-bond donors (Lipinski definition) is 3. The summed E-state index contributed by atoms with van der Waals surface area (Å²) in [7, 11) is 1.50. The number of aliphatic hydroxyl groups excluding tert-OH is 1. The highest BCUT2D eigenvalue weighted by atomic mass is 35.5. The number of rotatable bonds is 6. The number of ether oxygens (including phenoxy) is 1. The minimum atomic E-state index is -0.309. The highest BCUT2D eigenvalue weighted by molar-refractivity contribution is 6.32. The number of hydrogen-bond acceptors (Lipinski definition) is 3. The third kappa shape index (κ3) is 3.77. The molecule has 0 bridgehead atoms. The van der Waals surface area contributed by atoms with Gasteiger partial charge < -0.3 is 20.5 Å². The molecular formula is C14H19ClN2O3. The Morgan fingerprint density at radius 3 is 2.90 bits per heavy atom. The molecule has 0 radical (unpaired) electrons. The molecule has 0 heterocycles. The zero-order chi connectivity index (χ0) is 14.5. The van der Waals surface area contributed by atoms with E-state index in [0.29, 0.717) is 28.8 Å². The minimum Gasteiger partial charge on any atom is -0.493 e. The summed E-state index contributed by atoms with van der Waals surface area (Å²) in [5.74, 6) is 0.920. The van der Waals surface area contributed by atoms with Crippen molar-refractivity contribution < 1.29 is 14.6 Å². The Bertz CT molecular complexity index is 477. The van der Waals surface area contributed by atoms with Crippen LogP contribution in [0, 0.1) is 5.92 Å². The maximum Gasteiger partial charge on any atom is 0.319 e. The highest BCUT2D eigenvalue weighted by Crippen LogP contribution is 2.34. The van der Waals surface area contributed by atoms with Crippen LogP contribution in [0.25, 0.3) is 0 Å². The van der Waals surface area contributed by atoms with Crippen LogP contribution in [-0.4, -0.2) is 30.9 Å². The summed E-state index contributed by atoms with van der Waals surface area (Å²) in [6, 6.07) is 4.87. The summed E-state index contributed by atoms with van der Waals surface area (Å²) in [5, 5.41) is 15.1. The summed E-state index contributed by atoms with van der Waals surface area (Å²) in [6.07, 6.45) is 2.78. The van der Waals surface area contributed by atoms with E-state index in [0.717, 1.165) is 12.8 Å². The van der Waals surface area contributed by atoms with Crippen LogP contribution >= 0.6 is 11.6 Å². The summed E-state index contributed by atoms with van der Waals surface area (Å²) in [6.45, 7) is 0.0714. The standard InChI is InChI=1S/C14H19ClN2O3/c1-20-13-10(15)3-2-4-12(13)17-14(19)16-11(7-8-18)9-5-6-9/h2-4,9,11,18H,5-8H2,1H3,(H2,16,17,19). The van der Waals surface area contributed by atoms with Gasteiger partial charge in [0.25, 0.3) is 0 Å². The number of nitrogens with one attached hydrogen (secondary N) is 2. The predicted molar refractivity (Wildman–Crippen MR) is 78.4 cm³/mol. The van der Waals surface area contributed by atoms with Crippen molar-refractivity contribution in [2.45, 2.75) is 25.3 Å². The second kappa shape index (κ2) is 6.81. The Balaban J connectivity index is 1.98. The number of anilines is 1. The van der Waals surface area contributed by atoms with Gasteiger partial charge >= 0.3 is 6.03 Å². The van der Waals surface area contributed by atoms with Crippen molar-refractivity contribution in [3.63, 3.8) is 0 Å². The number of amides is 2. The van der Waals surface area contributed by atoms with E-state index in [1.165, 1.54) is 7.11 Å². The first-order valence-corrected chi connectivity index (χ1v) is 7.04. The number of aliphatic hydroxyl groups is 1. The lowest BCUT2D eigenvalue weighted by Gasteiger charge is -2.18. The Morgan fingerprint density at radius 2 is 2.30 bits per heavy atom. The van der Waals surface area contributed by atoms with Gasteiger partial charge in [0, 0.05) is 12.6 Å². The van der Waals surface area contributed by atoms with Gasteiger partial charge in [-0.3, -0.25) is 0 Å². The van der Waals surface area contributed by atoms with Gasteiger partial charge in [0.05, 0.1) is 17.8 Å². The molecule has 2 rings (SSSR count). The number of para-hydroxylation sites is 1. The SMILES string of the molecule is COc1c(Cl)cccc1NC(=O)NC(CCO)C1CC1. The quantitative estimate of drug-likeness (QED) is 0.756. The number of methoxy groups -OCH3 is 1. The minimum absolute atomic E-state index is 0.0187. The maximum atomic E-state index is 12.0. The van der Waals surface area contributed by atoms with Crippen LogP contribution in [0.5, 0.6) is 5.75 Å². The van der Waals surface area contributed by atoms with Crippen molar-refractivity contribution in [1.82, 2.24) is 5.32 Å². The molecule has 5 nitrogen and oxygen atoms in total. The van der Waals surface area contributed by atoms with Crippen molar-refractivity contribution in [2.24, 2.45) is 5.92 Å². The van der Waals surface area contributed by atoms with E-state index in [-0.39, 0.29) is 18.7 Å². The lowest BCUT2D eigenvalue weighted by Crippen LogP contribution is -2.39. The molecule has 110 valence electrons. The van der Waals surface area contributed by atoms with Gasteiger partial charge in [-0.05, 0) is 37.3 Å². The lowest BCUT2D eigenvalue weighted by atomic mass is 10.1. The van der Waals surface area contributed by atoms with Crippen LogP contribution in [0.4, 0.5) is 10.5 Å². The fourth-order valence-electron chi connectivity index (χ4n) is 2.20. The third-order valence-corrected chi connectivity index (χ3v) is 3.66. The largest absolute Gasteiger partial charge is 0.493 e. The van der Waals surface area contributed by atoms with Gasteiger partial charge in [-0.25, -0.2) is 4.79 Å². The maximum absolute atomic E-state index is 12.0. The second-order valence-corrected chi connectivity index (χ2v) is 5.28. The van der Waals surface area contributed by atoms with Gasteiger partial charge in [-0.15, -0.1) is 0 Å². The monoisotopic (exact) mass is 298 g/mol. The fraction of sp³-hybridized carbons (Fsp3) is 0.500. The van der Waals surface area contributed by atoms with E-state index in [9.17, 15) is 4.79 Å². The van der Waals surface area contributed by atoms with Crippen LogP contribution in [0.15, 0.2) is 18.2 Å². The van der Waals surface area contributed by atoms with Gasteiger partial charge in [0.15, 0.2) is 5.75 Å². The Hall–Kier alpha value is -1.46. The van der Waals surface area contributed by atoms with Crippen LogP contribution in [0.1, 0.15) is 19.3 Å². The number of halogens is 1. The molecular weight excluding hydrogens is 280 g/mol. The average molecular weight is 299 g/mol. The highest BCUT2D eigenvalue weighted by Gasteiger charge is 2.31. The Labute approximate surface area is 123 Å². The molecule has 1 aromatic carbocycles. The van der Waals surface area contributed by atoms with Crippen molar-refractivity contribution >= 4 is 23.3 Å². The molecule has 1 aliphatic carbocycles. The van der Waals surface area contributed by atoms with E-state index in [2.05, 4.69) is 10.6 Å². The van der Waals surface area contributed by atoms with Crippen molar-refractivity contribution in [2.75, 3.05) is 19.0 Å². The fourth-order valence-corrected chi connectivity index (χ4v) is 2.46. The van der Waals surface area contributed by atoms with E-state index in [4.69, 9.17) is 21.4 Å². The topological polar surface area (TPSA) is 70.6 Å². The normalized spacial score (nSPS) is 15.6. The molecule has 1 unspecified atom stereocenters. The summed E-state index contributed by atoms with van der Waals surface area (Å²) in [5.41, 5.74) is 0.524. The van der Waals surface area contributed by atoms with Gasteiger partial charge in [-0.2, -0.15) is 0 Å². The molecule has 1 aromatic rings. The summed E-state index contributed by atoms with van der Waals surface area (Å²) >= 11 is 6.00. The van der Waals surface area contributed by atoms with E-state index < -0.39 is 0 Å². The van der Waals surface area contributed by atoms with Crippen molar-refractivity contribution in [1.29, 1.82) is 0 Å². The number of benzene rings is 1. The smallest absolute Gasteiger partial charge is 0.319 e. The summed E-state index contributed by atoms with van der Waals surface area (Å²) < 4.78 is 5.17.